The van der Waals surface area contributed by atoms with Crippen molar-refractivity contribution in [1.82, 2.24) is 10.2 Å². The Hall–Kier alpha value is -1.79. The molecule has 1 N–H and O–H groups in total. The average Bonchev–Trinajstić information content (AvgIpc) is 2.75. The van der Waals surface area contributed by atoms with E-state index >= 15 is 0 Å². The van der Waals surface area contributed by atoms with Crippen molar-refractivity contribution in [2.45, 2.75) is 39.2 Å². The third-order valence-electron chi connectivity index (χ3n) is 4.01. The maximum Gasteiger partial charge on any atom is 0.308 e. The number of ether oxygens (including phenoxy) is 1. The highest BCUT2D eigenvalue weighted by Gasteiger charge is 2.24. The smallest absolute Gasteiger partial charge is 0.308 e. The lowest BCUT2D eigenvalue weighted by Gasteiger charge is -2.19. The van der Waals surface area contributed by atoms with Gasteiger partial charge in [0.15, 0.2) is 5.75 Å². The number of halogens is 2. The van der Waals surface area contributed by atoms with Gasteiger partial charge in [0.25, 0.3) is 5.91 Å². The van der Waals surface area contributed by atoms with Gasteiger partial charge in [-0.3, -0.25) is 14.4 Å². The maximum atomic E-state index is 12.6. The summed E-state index contributed by atoms with van der Waals surface area (Å²) in [6.45, 7) is 4.04. The van der Waals surface area contributed by atoms with Gasteiger partial charge in [0.1, 0.15) is 0 Å². The molecule has 1 saturated heterocycles. The molecule has 0 saturated carbocycles. The second-order valence-electron chi connectivity index (χ2n) is 5.97. The van der Waals surface area contributed by atoms with Crippen molar-refractivity contribution in [3.05, 3.63) is 27.7 Å². The van der Waals surface area contributed by atoms with Crippen LogP contribution < -0.4 is 10.1 Å². The first-order valence-corrected chi connectivity index (χ1v) is 8.77. The molecule has 1 aromatic rings. The summed E-state index contributed by atoms with van der Waals surface area (Å²) in [4.78, 5) is 37.2. The molecule has 0 aromatic heterocycles. The number of esters is 1. The molecule has 1 atom stereocenters. The van der Waals surface area contributed by atoms with Crippen LogP contribution in [0.2, 0.25) is 10.0 Å². The van der Waals surface area contributed by atoms with Crippen LogP contribution in [0.4, 0.5) is 0 Å². The largest absolute Gasteiger partial charge is 0.424 e. The summed E-state index contributed by atoms with van der Waals surface area (Å²) in [7, 11) is 0. The fourth-order valence-electron chi connectivity index (χ4n) is 2.80. The van der Waals surface area contributed by atoms with Crippen LogP contribution in [0, 0.1) is 0 Å². The van der Waals surface area contributed by atoms with Crippen molar-refractivity contribution >= 4 is 41.0 Å². The van der Waals surface area contributed by atoms with Crippen molar-refractivity contribution in [2.24, 2.45) is 0 Å². The van der Waals surface area contributed by atoms with E-state index in [0.717, 1.165) is 12.8 Å². The molecule has 1 fully saturated rings. The third kappa shape index (κ3) is 5.34. The topological polar surface area (TPSA) is 75.7 Å². The van der Waals surface area contributed by atoms with Crippen LogP contribution in [0.25, 0.3) is 0 Å². The minimum atomic E-state index is -0.579. The minimum absolute atomic E-state index is 0.00458. The zero-order valence-electron chi connectivity index (χ0n) is 14.1. The Kier molecular flexibility index (Phi) is 6.67. The van der Waals surface area contributed by atoms with Crippen molar-refractivity contribution < 1.29 is 19.1 Å². The van der Waals surface area contributed by atoms with Crippen LogP contribution in [0.5, 0.6) is 5.75 Å². The van der Waals surface area contributed by atoms with Crippen LogP contribution in [-0.4, -0.2) is 41.8 Å². The molecule has 2 rings (SSSR count). The van der Waals surface area contributed by atoms with Crippen molar-refractivity contribution in [2.75, 3.05) is 13.1 Å². The number of likely N-dealkylation sites (tertiary alicyclic amines) is 1. The van der Waals surface area contributed by atoms with Gasteiger partial charge >= 0.3 is 5.97 Å². The standard InChI is InChI=1S/C17H20Cl2N2O4/c1-10(22)21-6-3-4-13(5-7-21)20-17(24)14-8-12(18)9-15(19)16(14)25-11(2)23/h8-9,13H,3-7H2,1-2H3,(H,20,24). The highest BCUT2D eigenvalue weighted by Crippen LogP contribution is 2.32. The van der Waals surface area contributed by atoms with Gasteiger partial charge in [-0.2, -0.15) is 0 Å². The number of hydrogen-bond donors (Lipinski definition) is 1. The number of rotatable bonds is 3. The van der Waals surface area contributed by atoms with Crippen LogP contribution in [0.3, 0.4) is 0 Å². The number of carbonyl (C=O) groups excluding carboxylic acids is 3. The molecular weight excluding hydrogens is 367 g/mol. The summed E-state index contributed by atoms with van der Waals surface area (Å²) < 4.78 is 5.07. The molecule has 0 radical (unpaired) electrons. The zero-order chi connectivity index (χ0) is 18.6. The van der Waals surface area contributed by atoms with E-state index in [2.05, 4.69) is 5.32 Å². The third-order valence-corrected chi connectivity index (χ3v) is 4.51. The summed E-state index contributed by atoms with van der Waals surface area (Å²) in [6, 6.07) is 2.74. The van der Waals surface area contributed by atoms with E-state index in [1.165, 1.54) is 26.0 Å². The summed E-state index contributed by atoms with van der Waals surface area (Å²) >= 11 is 12.0. The molecule has 6 nitrogen and oxygen atoms in total. The van der Waals surface area contributed by atoms with Gasteiger partial charge in [-0.05, 0) is 31.4 Å². The highest BCUT2D eigenvalue weighted by molar-refractivity contribution is 6.36. The Bertz CT molecular complexity index is 693. The lowest BCUT2D eigenvalue weighted by atomic mass is 10.1. The molecule has 8 heteroatoms. The van der Waals surface area contributed by atoms with Gasteiger partial charge < -0.3 is 15.0 Å². The second-order valence-corrected chi connectivity index (χ2v) is 6.81. The van der Waals surface area contributed by atoms with E-state index in [0.29, 0.717) is 19.5 Å². The minimum Gasteiger partial charge on any atom is -0.424 e. The Balaban J connectivity index is 2.15. The molecule has 1 aliphatic heterocycles. The van der Waals surface area contributed by atoms with Gasteiger partial charge in [-0.1, -0.05) is 23.2 Å². The van der Waals surface area contributed by atoms with E-state index in [4.69, 9.17) is 27.9 Å². The van der Waals surface area contributed by atoms with E-state index in [-0.39, 0.29) is 33.3 Å². The monoisotopic (exact) mass is 386 g/mol. The molecule has 25 heavy (non-hydrogen) atoms. The Morgan fingerprint density at radius 3 is 2.52 bits per heavy atom. The molecule has 1 unspecified atom stereocenters. The molecule has 0 bridgehead atoms. The Morgan fingerprint density at radius 1 is 1.16 bits per heavy atom. The van der Waals surface area contributed by atoms with E-state index in [1.54, 1.807) is 4.90 Å². The predicted molar refractivity (Wildman–Crippen MR) is 95.1 cm³/mol. The molecule has 1 aliphatic rings. The Morgan fingerprint density at radius 2 is 1.88 bits per heavy atom. The number of benzene rings is 1. The van der Waals surface area contributed by atoms with Gasteiger partial charge in [0.2, 0.25) is 5.91 Å². The van der Waals surface area contributed by atoms with Gasteiger partial charge in [0, 0.05) is 38.0 Å². The molecule has 2 amide bonds. The molecule has 0 aliphatic carbocycles. The predicted octanol–water partition coefficient (Wildman–Crippen LogP) is 3.05. The number of nitrogens with zero attached hydrogens (tertiary/aromatic N) is 1. The quantitative estimate of drug-likeness (QED) is 0.639. The van der Waals surface area contributed by atoms with Crippen LogP contribution in [0.15, 0.2) is 12.1 Å². The molecule has 136 valence electrons. The van der Waals surface area contributed by atoms with Crippen LogP contribution >= 0.6 is 23.2 Å². The number of carbonyl (C=O) groups is 3. The summed E-state index contributed by atoms with van der Waals surface area (Å²) in [5.74, 6) is -0.965. The van der Waals surface area contributed by atoms with Crippen molar-refractivity contribution in [3.63, 3.8) is 0 Å². The number of amides is 2. The first-order chi connectivity index (χ1) is 11.8. The van der Waals surface area contributed by atoms with Gasteiger partial charge in [0.05, 0.1) is 10.6 Å². The van der Waals surface area contributed by atoms with Crippen molar-refractivity contribution in [3.8, 4) is 5.75 Å². The van der Waals surface area contributed by atoms with E-state index in [9.17, 15) is 14.4 Å². The summed E-state index contributed by atoms with van der Waals surface area (Å²) in [5.41, 5.74) is 0.111. The fraction of sp³-hybridized carbons (Fsp3) is 0.471. The summed E-state index contributed by atoms with van der Waals surface area (Å²) in [5, 5.41) is 3.28. The van der Waals surface area contributed by atoms with Crippen LogP contribution in [-0.2, 0) is 9.59 Å². The summed E-state index contributed by atoms with van der Waals surface area (Å²) in [6.07, 6.45) is 2.22. The van der Waals surface area contributed by atoms with Crippen molar-refractivity contribution in [1.29, 1.82) is 0 Å². The highest BCUT2D eigenvalue weighted by atomic mass is 35.5. The first-order valence-electron chi connectivity index (χ1n) is 8.01. The van der Waals surface area contributed by atoms with E-state index in [1.807, 2.05) is 0 Å². The second kappa shape index (κ2) is 8.54. The lowest BCUT2D eigenvalue weighted by Crippen LogP contribution is -2.36. The van der Waals surface area contributed by atoms with Gasteiger partial charge in [-0.15, -0.1) is 0 Å². The number of nitrogens with one attached hydrogen (secondary N) is 1. The first kappa shape index (κ1) is 19.5. The van der Waals surface area contributed by atoms with Gasteiger partial charge in [-0.25, -0.2) is 0 Å². The SMILES string of the molecule is CC(=O)Oc1c(Cl)cc(Cl)cc1C(=O)NC1CCCN(C(C)=O)CC1. The molecular formula is C17H20Cl2N2O4. The zero-order valence-corrected chi connectivity index (χ0v) is 15.6. The van der Waals surface area contributed by atoms with E-state index < -0.39 is 11.9 Å². The maximum absolute atomic E-state index is 12.6. The molecule has 1 heterocycles. The molecule has 0 spiro atoms. The average molecular weight is 387 g/mol. The molecule has 1 aromatic carbocycles. The lowest BCUT2D eigenvalue weighted by molar-refractivity contribution is -0.132. The van der Waals surface area contributed by atoms with Crippen LogP contribution in [0.1, 0.15) is 43.5 Å². The Labute approximate surface area is 156 Å². The fourth-order valence-corrected chi connectivity index (χ4v) is 3.33. The number of hydrogen-bond acceptors (Lipinski definition) is 4. The normalized spacial score (nSPS) is 17.6.